The molecule has 0 fully saturated rings. The van der Waals surface area contributed by atoms with Gasteiger partial charge < -0.3 is 21.9 Å². The SMILES string of the molecule is NC(=O)CCC(NC(=O)CCc1ccc(-c2cc(-c3ccccc3)cs2)cc1)C(=O)NC(=O)C(N)CCC(=O)O. The molecule has 0 aliphatic rings. The number of carboxylic acids is 1. The number of nitrogens with two attached hydrogens (primary N) is 2. The molecule has 0 spiro atoms. The zero-order chi connectivity index (χ0) is 29.1. The van der Waals surface area contributed by atoms with Crippen molar-refractivity contribution in [2.24, 2.45) is 11.5 Å². The molecule has 1 aromatic heterocycles. The van der Waals surface area contributed by atoms with E-state index in [9.17, 15) is 24.0 Å². The lowest BCUT2D eigenvalue weighted by atomic mass is 10.0. The largest absolute Gasteiger partial charge is 0.481 e. The summed E-state index contributed by atoms with van der Waals surface area (Å²) in [6, 6.07) is 17.7. The van der Waals surface area contributed by atoms with Crippen molar-refractivity contribution in [3.63, 3.8) is 0 Å². The summed E-state index contributed by atoms with van der Waals surface area (Å²) in [4.78, 5) is 60.4. The van der Waals surface area contributed by atoms with E-state index >= 15 is 0 Å². The lowest BCUT2D eigenvalue weighted by Crippen LogP contribution is -2.52. The van der Waals surface area contributed by atoms with Crippen LogP contribution in [0.4, 0.5) is 0 Å². The molecule has 210 valence electrons. The highest BCUT2D eigenvalue weighted by atomic mass is 32.1. The Bertz CT molecular complexity index is 1340. The molecule has 4 amide bonds. The number of benzene rings is 2. The second-order valence-corrected chi connectivity index (χ2v) is 10.2. The van der Waals surface area contributed by atoms with Crippen LogP contribution in [0.5, 0.6) is 0 Å². The summed E-state index contributed by atoms with van der Waals surface area (Å²) >= 11 is 1.65. The number of primary amides is 1. The molecule has 0 aliphatic carbocycles. The molecule has 7 N–H and O–H groups in total. The first-order valence-corrected chi connectivity index (χ1v) is 13.6. The first-order valence-electron chi connectivity index (χ1n) is 12.8. The maximum absolute atomic E-state index is 12.6. The van der Waals surface area contributed by atoms with Gasteiger partial charge in [0.05, 0.1) is 6.04 Å². The van der Waals surface area contributed by atoms with Gasteiger partial charge in [0, 0.05) is 24.1 Å². The van der Waals surface area contributed by atoms with E-state index < -0.39 is 41.7 Å². The van der Waals surface area contributed by atoms with Gasteiger partial charge in [-0.25, -0.2) is 0 Å². The molecule has 10 nitrogen and oxygen atoms in total. The van der Waals surface area contributed by atoms with Crippen LogP contribution in [-0.2, 0) is 30.4 Å². The summed E-state index contributed by atoms with van der Waals surface area (Å²) in [6.07, 6.45) is -0.309. The first-order chi connectivity index (χ1) is 19.1. The summed E-state index contributed by atoms with van der Waals surface area (Å²) in [6.45, 7) is 0. The zero-order valence-electron chi connectivity index (χ0n) is 21.8. The van der Waals surface area contributed by atoms with E-state index in [4.69, 9.17) is 16.6 Å². The van der Waals surface area contributed by atoms with Crippen molar-refractivity contribution in [1.82, 2.24) is 10.6 Å². The number of aliphatic carboxylic acids is 1. The van der Waals surface area contributed by atoms with E-state index in [2.05, 4.69) is 34.2 Å². The Balaban J connectivity index is 1.54. The van der Waals surface area contributed by atoms with E-state index in [1.807, 2.05) is 42.5 Å². The summed E-state index contributed by atoms with van der Waals surface area (Å²) in [7, 11) is 0. The maximum Gasteiger partial charge on any atom is 0.303 e. The molecule has 1 heterocycles. The number of imide groups is 1. The van der Waals surface area contributed by atoms with Crippen LogP contribution in [0.25, 0.3) is 21.6 Å². The molecule has 40 heavy (non-hydrogen) atoms. The second kappa shape index (κ2) is 14.7. The van der Waals surface area contributed by atoms with Crippen molar-refractivity contribution in [3.05, 3.63) is 71.6 Å². The minimum Gasteiger partial charge on any atom is -0.481 e. The third kappa shape index (κ3) is 9.44. The van der Waals surface area contributed by atoms with Crippen LogP contribution in [0.1, 0.15) is 37.7 Å². The van der Waals surface area contributed by atoms with Gasteiger partial charge in [-0.15, -0.1) is 11.3 Å². The number of hydrogen-bond donors (Lipinski definition) is 5. The fourth-order valence-corrected chi connectivity index (χ4v) is 4.82. The maximum atomic E-state index is 12.6. The van der Waals surface area contributed by atoms with Gasteiger partial charge in [0.2, 0.25) is 23.6 Å². The van der Waals surface area contributed by atoms with Crippen molar-refractivity contribution in [2.45, 2.75) is 50.6 Å². The van der Waals surface area contributed by atoms with Crippen LogP contribution in [-0.4, -0.2) is 46.8 Å². The summed E-state index contributed by atoms with van der Waals surface area (Å²) in [5, 5.41) is 15.5. The molecule has 0 radical (unpaired) electrons. The molecule has 2 aromatic carbocycles. The normalized spacial score (nSPS) is 12.2. The van der Waals surface area contributed by atoms with Crippen LogP contribution in [0.15, 0.2) is 66.0 Å². The number of thiophene rings is 1. The van der Waals surface area contributed by atoms with Crippen LogP contribution in [0.3, 0.4) is 0 Å². The molecule has 0 saturated heterocycles. The van der Waals surface area contributed by atoms with E-state index in [0.717, 1.165) is 27.1 Å². The molecule has 3 aromatic rings. The number of carboxylic acid groups (broad SMARTS) is 1. The third-order valence-corrected chi connectivity index (χ3v) is 7.15. The lowest BCUT2D eigenvalue weighted by Gasteiger charge is -2.19. The Labute approximate surface area is 235 Å². The predicted octanol–water partition coefficient (Wildman–Crippen LogP) is 2.60. The summed E-state index contributed by atoms with van der Waals surface area (Å²) < 4.78 is 0. The van der Waals surface area contributed by atoms with Crippen LogP contribution in [0, 0.1) is 0 Å². The van der Waals surface area contributed by atoms with Crippen molar-refractivity contribution < 1.29 is 29.1 Å². The smallest absolute Gasteiger partial charge is 0.303 e. The predicted molar refractivity (Wildman–Crippen MR) is 152 cm³/mol. The quantitative estimate of drug-likeness (QED) is 0.199. The summed E-state index contributed by atoms with van der Waals surface area (Å²) in [5.74, 6) is -3.95. The zero-order valence-corrected chi connectivity index (χ0v) is 22.6. The van der Waals surface area contributed by atoms with Crippen LogP contribution < -0.4 is 22.1 Å². The van der Waals surface area contributed by atoms with Gasteiger partial charge in [-0.05, 0) is 53.0 Å². The number of rotatable bonds is 14. The Morgan fingerprint density at radius 1 is 0.825 bits per heavy atom. The first kappa shape index (κ1) is 30.2. The number of amides is 4. The molecule has 3 rings (SSSR count). The number of carbonyl (C=O) groups is 5. The average molecular weight is 565 g/mol. The van der Waals surface area contributed by atoms with Gasteiger partial charge in [0.15, 0.2) is 0 Å². The number of hydrogen-bond acceptors (Lipinski definition) is 7. The Morgan fingerprint density at radius 2 is 1.52 bits per heavy atom. The number of aryl methyl sites for hydroxylation is 1. The Hall–Kier alpha value is -4.35. The highest BCUT2D eigenvalue weighted by Crippen LogP contribution is 2.32. The van der Waals surface area contributed by atoms with E-state index in [0.29, 0.717) is 6.42 Å². The van der Waals surface area contributed by atoms with E-state index in [-0.39, 0.29) is 32.1 Å². The molecule has 0 bridgehead atoms. The van der Waals surface area contributed by atoms with E-state index in [1.54, 1.807) is 11.3 Å². The molecular formula is C29H32N4O6S. The fraction of sp³-hybridized carbons (Fsp3) is 0.276. The number of nitrogens with one attached hydrogen (secondary N) is 2. The van der Waals surface area contributed by atoms with Gasteiger partial charge in [0.25, 0.3) is 0 Å². The van der Waals surface area contributed by atoms with Gasteiger partial charge >= 0.3 is 5.97 Å². The van der Waals surface area contributed by atoms with Crippen molar-refractivity contribution in [2.75, 3.05) is 0 Å². The molecule has 2 unspecified atom stereocenters. The standard InChI is InChI=1S/C29H32N4O6S/c30-22(11-15-27(36)37)28(38)33-29(39)23(12-13-25(31)34)32-26(35)14-8-18-6-9-20(10-7-18)24-16-21(17-40-24)19-4-2-1-3-5-19/h1-7,9-10,16-17,22-23H,8,11-15,30H2,(H2,31,34)(H,32,35)(H,36,37)(H,33,38,39). The third-order valence-electron chi connectivity index (χ3n) is 6.17. The van der Waals surface area contributed by atoms with Crippen molar-refractivity contribution in [3.8, 4) is 21.6 Å². The Kier molecular flexibility index (Phi) is 11.1. The van der Waals surface area contributed by atoms with E-state index in [1.165, 1.54) is 0 Å². The minimum atomic E-state index is -1.21. The van der Waals surface area contributed by atoms with Gasteiger partial charge in [-0.1, -0.05) is 54.6 Å². The highest BCUT2D eigenvalue weighted by Gasteiger charge is 2.25. The molecular weight excluding hydrogens is 532 g/mol. The van der Waals surface area contributed by atoms with Crippen LogP contribution >= 0.6 is 11.3 Å². The average Bonchev–Trinajstić information content (AvgIpc) is 3.44. The Morgan fingerprint density at radius 3 is 2.17 bits per heavy atom. The highest BCUT2D eigenvalue weighted by molar-refractivity contribution is 7.14. The monoisotopic (exact) mass is 564 g/mol. The molecule has 0 aliphatic heterocycles. The fourth-order valence-electron chi connectivity index (χ4n) is 3.90. The second-order valence-electron chi connectivity index (χ2n) is 9.28. The lowest BCUT2D eigenvalue weighted by molar-refractivity contribution is -0.137. The van der Waals surface area contributed by atoms with Gasteiger partial charge in [-0.2, -0.15) is 0 Å². The number of carbonyl (C=O) groups excluding carboxylic acids is 4. The van der Waals surface area contributed by atoms with Gasteiger partial charge in [-0.3, -0.25) is 29.3 Å². The topological polar surface area (TPSA) is 182 Å². The molecule has 0 saturated carbocycles. The minimum absolute atomic E-state index is 0.0723. The summed E-state index contributed by atoms with van der Waals surface area (Å²) in [5.41, 5.74) is 15.1. The molecule has 2 atom stereocenters. The van der Waals surface area contributed by atoms with Gasteiger partial charge in [0.1, 0.15) is 6.04 Å². The van der Waals surface area contributed by atoms with Crippen molar-refractivity contribution in [1.29, 1.82) is 0 Å². The van der Waals surface area contributed by atoms with Crippen molar-refractivity contribution >= 4 is 40.9 Å². The molecule has 11 heteroatoms. The van der Waals surface area contributed by atoms with Crippen LogP contribution in [0.2, 0.25) is 0 Å².